The molecule has 0 radical (unpaired) electrons. The van der Waals surface area contributed by atoms with Gasteiger partial charge in [-0.3, -0.25) is 4.79 Å². The Morgan fingerprint density at radius 2 is 1.85 bits per heavy atom. The van der Waals surface area contributed by atoms with Gasteiger partial charge in [-0.05, 0) is 42.7 Å². The van der Waals surface area contributed by atoms with Crippen LogP contribution >= 0.6 is 0 Å². The van der Waals surface area contributed by atoms with Crippen LogP contribution in [-0.2, 0) is 0 Å². The molecule has 172 valence electrons. The van der Waals surface area contributed by atoms with E-state index < -0.39 is 6.03 Å². The molecule has 0 unspecified atom stereocenters. The summed E-state index contributed by atoms with van der Waals surface area (Å²) in [5, 5.41) is 12.8. The van der Waals surface area contributed by atoms with Gasteiger partial charge in [0.15, 0.2) is 5.82 Å². The standard InChI is InChI=1S/C24H23N7O3/c1-34-18-4-2-3-17(11-18)30-24(33)29-16-7-5-14(6-8-16)20-19(23(32)28-15-9-10-15)12-31-21(20)22(25)26-13-27-31/h2-8,11-13,15H,9-10H2,1H3,(H,28,32)(H2,25,26,27)(H2,29,30,33). The number of fused-ring (bicyclic) bond motifs is 1. The molecule has 1 fully saturated rings. The lowest BCUT2D eigenvalue weighted by atomic mass is 10.0. The third kappa shape index (κ3) is 4.33. The lowest BCUT2D eigenvalue weighted by Gasteiger charge is -2.10. The van der Waals surface area contributed by atoms with E-state index >= 15 is 0 Å². The quantitative estimate of drug-likeness (QED) is 0.350. The van der Waals surface area contributed by atoms with Crippen LogP contribution in [0.2, 0.25) is 0 Å². The number of nitrogens with one attached hydrogen (secondary N) is 3. The van der Waals surface area contributed by atoms with Crippen molar-refractivity contribution in [3.05, 3.63) is 66.6 Å². The zero-order valence-electron chi connectivity index (χ0n) is 18.4. The van der Waals surface area contributed by atoms with Gasteiger partial charge in [0.1, 0.15) is 17.6 Å². The Hall–Kier alpha value is -4.60. The molecule has 0 aliphatic heterocycles. The van der Waals surface area contributed by atoms with Crippen molar-refractivity contribution in [2.75, 3.05) is 23.5 Å². The van der Waals surface area contributed by atoms with Crippen molar-refractivity contribution in [2.45, 2.75) is 18.9 Å². The summed E-state index contributed by atoms with van der Waals surface area (Å²) in [7, 11) is 1.57. The van der Waals surface area contributed by atoms with Gasteiger partial charge >= 0.3 is 6.03 Å². The molecule has 5 N–H and O–H groups in total. The average molecular weight is 457 g/mol. The highest BCUT2D eigenvalue weighted by molar-refractivity contribution is 6.07. The Bertz CT molecular complexity index is 1380. The van der Waals surface area contributed by atoms with Crippen molar-refractivity contribution in [3.8, 4) is 16.9 Å². The Labute approximate surface area is 195 Å². The van der Waals surface area contributed by atoms with Crippen molar-refractivity contribution < 1.29 is 14.3 Å². The number of nitrogens with two attached hydrogens (primary N) is 1. The number of urea groups is 1. The maximum atomic E-state index is 12.9. The van der Waals surface area contributed by atoms with E-state index in [2.05, 4.69) is 26.0 Å². The molecule has 1 aliphatic carbocycles. The molecule has 3 amide bonds. The van der Waals surface area contributed by atoms with Crippen LogP contribution in [0.25, 0.3) is 16.6 Å². The second-order valence-electron chi connectivity index (χ2n) is 7.99. The second kappa shape index (κ2) is 8.74. The van der Waals surface area contributed by atoms with Crippen molar-refractivity contribution in [1.82, 2.24) is 19.9 Å². The Morgan fingerprint density at radius 3 is 2.59 bits per heavy atom. The maximum Gasteiger partial charge on any atom is 0.323 e. The molecule has 5 rings (SSSR count). The monoisotopic (exact) mass is 457 g/mol. The first kappa shape index (κ1) is 21.3. The second-order valence-corrected chi connectivity index (χ2v) is 7.99. The molecule has 2 aromatic heterocycles. The summed E-state index contributed by atoms with van der Waals surface area (Å²) in [5.41, 5.74) is 9.74. The minimum absolute atomic E-state index is 0.178. The molecule has 1 saturated carbocycles. The van der Waals surface area contributed by atoms with E-state index in [1.165, 1.54) is 6.33 Å². The molecule has 10 nitrogen and oxygen atoms in total. The molecule has 0 atom stereocenters. The smallest absolute Gasteiger partial charge is 0.323 e. The molecule has 0 spiro atoms. The van der Waals surface area contributed by atoms with Crippen LogP contribution in [0.15, 0.2) is 61.1 Å². The largest absolute Gasteiger partial charge is 0.497 e. The zero-order chi connectivity index (χ0) is 23.7. The Morgan fingerprint density at radius 1 is 1.09 bits per heavy atom. The zero-order valence-corrected chi connectivity index (χ0v) is 18.4. The number of anilines is 3. The molecule has 34 heavy (non-hydrogen) atoms. The van der Waals surface area contributed by atoms with Gasteiger partial charge in [-0.2, -0.15) is 5.10 Å². The lowest BCUT2D eigenvalue weighted by Crippen LogP contribution is -2.25. The van der Waals surface area contributed by atoms with Crippen LogP contribution in [0.5, 0.6) is 5.75 Å². The number of methoxy groups -OCH3 is 1. The SMILES string of the molecule is COc1cccc(NC(=O)Nc2ccc(-c3c(C(=O)NC4CC4)cn4ncnc(N)c34)cc2)c1. The Kier molecular flexibility index (Phi) is 5.46. The van der Waals surface area contributed by atoms with Crippen molar-refractivity contribution >= 4 is 34.6 Å². The molecule has 2 aromatic carbocycles. The number of carbonyl (C=O) groups excluding carboxylic acids is 2. The number of rotatable bonds is 6. The van der Waals surface area contributed by atoms with Crippen molar-refractivity contribution in [3.63, 3.8) is 0 Å². The summed E-state index contributed by atoms with van der Waals surface area (Å²) in [6.07, 6.45) is 4.97. The summed E-state index contributed by atoms with van der Waals surface area (Å²) in [6.45, 7) is 0. The van der Waals surface area contributed by atoms with E-state index in [4.69, 9.17) is 10.5 Å². The molecule has 10 heteroatoms. The van der Waals surface area contributed by atoms with E-state index in [-0.39, 0.29) is 17.8 Å². The number of nitrogens with zero attached hydrogens (tertiary/aromatic N) is 3. The maximum absolute atomic E-state index is 12.9. The number of carbonyl (C=O) groups is 2. The van der Waals surface area contributed by atoms with Gasteiger partial charge in [0.25, 0.3) is 5.91 Å². The van der Waals surface area contributed by atoms with Gasteiger partial charge in [0.05, 0.1) is 12.7 Å². The van der Waals surface area contributed by atoms with Gasteiger partial charge in [-0.1, -0.05) is 18.2 Å². The first-order valence-electron chi connectivity index (χ1n) is 10.8. The number of benzene rings is 2. The van der Waals surface area contributed by atoms with Crippen LogP contribution in [0.3, 0.4) is 0 Å². The fourth-order valence-corrected chi connectivity index (χ4v) is 3.70. The topological polar surface area (TPSA) is 136 Å². The molecule has 0 bridgehead atoms. The highest BCUT2D eigenvalue weighted by Crippen LogP contribution is 2.33. The summed E-state index contributed by atoms with van der Waals surface area (Å²) < 4.78 is 6.74. The van der Waals surface area contributed by atoms with Crippen LogP contribution in [0.1, 0.15) is 23.2 Å². The van der Waals surface area contributed by atoms with Gasteiger partial charge in [-0.15, -0.1) is 0 Å². The highest BCUT2D eigenvalue weighted by atomic mass is 16.5. The predicted molar refractivity (Wildman–Crippen MR) is 129 cm³/mol. The van der Waals surface area contributed by atoms with Crippen LogP contribution < -0.4 is 26.4 Å². The third-order valence-corrected chi connectivity index (χ3v) is 5.52. The van der Waals surface area contributed by atoms with Crippen molar-refractivity contribution in [2.24, 2.45) is 0 Å². The minimum Gasteiger partial charge on any atom is -0.497 e. The minimum atomic E-state index is -0.391. The molecule has 0 saturated heterocycles. The van der Waals surface area contributed by atoms with Crippen LogP contribution in [0, 0.1) is 0 Å². The van der Waals surface area contributed by atoms with E-state index in [0.29, 0.717) is 33.8 Å². The van der Waals surface area contributed by atoms with E-state index in [1.807, 2.05) is 12.1 Å². The first-order valence-corrected chi connectivity index (χ1v) is 10.8. The van der Waals surface area contributed by atoms with Gasteiger partial charge in [0.2, 0.25) is 0 Å². The van der Waals surface area contributed by atoms with E-state index in [1.54, 1.807) is 54.2 Å². The molecule has 2 heterocycles. The van der Waals surface area contributed by atoms with Crippen LogP contribution in [-0.4, -0.2) is 39.7 Å². The normalized spacial score (nSPS) is 12.9. The number of ether oxygens (including phenoxy) is 1. The third-order valence-electron chi connectivity index (χ3n) is 5.52. The summed E-state index contributed by atoms with van der Waals surface area (Å²) in [4.78, 5) is 29.4. The molecule has 4 aromatic rings. The number of hydrogen-bond acceptors (Lipinski definition) is 6. The fourth-order valence-electron chi connectivity index (χ4n) is 3.70. The number of amides is 3. The summed E-state index contributed by atoms with van der Waals surface area (Å²) in [6, 6.07) is 14.0. The van der Waals surface area contributed by atoms with E-state index in [0.717, 1.165) is 18.4 Å². The number of nitrogen functional groups attached to an aromatic ring is 1. The predicted octanol–water partition coefficient (Wildman–Crippen LogP) is 3.52. The average Bonchev–Trinajstić information content (AvgIpc) is 3.56. The summed E-state index contributed by atoms with van der Waals surface area (Å²) >= 11 is 0. The number of hydrogen-bond donors (Lipinski definition) is 4. The van der Waals surface area contributed by atoms with Crippen LogP contribution in [0.4, 0.5) is 22.0 Å². The highest BCUT2D eigenvalue weighted by Gasteiger charge is 2.27. The fraction of sp³-hybridized carbons (Fsp3) is 0.167. The number of aromatic nitrogens is 3. The molecule has 1 aliphatic rings. The lowest BCUT2D eigenvalue weighted by molar-refractivity contribution is 0.0951. The van der Waals surface area contributed by atoms with Crippen molar-refractivity contribution in [1.29, 1.82) is 0 Å². The first-order chi connectivity index (χ1) is 16.5. The Balaban J connectivity index is 1.40. The van der Waals surface area contributed by atoms with E-state index in [9.17, 15) is 9.59 Å². The molecular formula is C24H23N7O3. The van der Waals surface area contributed by atoms with Gasteiger partial charge in [0, 0.05) is 35.2 Å². The molecular weight excluding hydrogens is 434 g/mol. The van der Waals surface area contributed by atoms with Gasteiger partial charge in [-0.25, -0.2) is 14.3 Å². The summed E-state index contributed by atoms with van der Waals surface area (Å²) in [5.74, 6) is 0.740. The van der Waals surface area contributed by atoms with Gasteiger partial charge < -0.3 is 26.4 Å².